The zero-order valence-electron chi connectivity index (χ0n) is 23.5. The molecule has 8 heteroatoms. The van der Waals surface area contributed by atoms with Crippen molar-refractivity contribution in [1.82, 2.24) is 25.6 Å². The molecule has 0 fully saturated rings. The molecule has 1 aromatic heterocycles. The largest absolute Gasteiger partial charge is 0.352 e. The van der Waals surface area contributed by atoms with Crippen LogP contribution in [0.1, 0.15) is 66.4 Å². The third-order valence-corrected chi connectivity index (χ3v) is 6.37. The molecular weight excluding hydrogens is 476 g/mol. The van der Waals surface area contributed by atoms with Gasteiger partial charge in [-0.25, -0.2) is 4.68 Å². The Balaban J connectivity index is 1.67. The van der Waals surface area contributed by atoms with E-state index in [9.17, 15) is 9.59 Å². The lowest BCUT2D eigenvalue weighted by Crippen LogP contribution is -2.40. The van der Waals surface area contributed by atoms with Crippen molar-refractivity contribution >= 4 is 17.5 Å². The lowest BCUT2D eigenvalue weighted by Gasteiger charge is -2.29. The second-order valence-electron chi connectivity index (χ2n) is 12.0. The minimum atomic E-state index is -0.256. The molecule has 0 radical (unpaired) electrons. The van der Waals surface area contributed by atoms with Crippen molar-refractivity contribution < 1.29 is 9.59 Å². The van der Waals surface area contributed by atoms with Gasteiger partial charge in [-0.1, -0.05) is 47.7 Å². The molecule has 0 aliphatic carbocycles. The number of rotatable bonds is 7. The number of amides is 2. The highest BCUT2D eigenvalue weighted by atomic mass is 16.2. The van der Waals surface area contributed by atoms with E-state index in [1.165, 1.54) is 0 Å². The van der Waals surface area contributed by atoms with Crippen molar-refractivity contribution in [2.24, 2.45) is 0 Å². The van der Waals surface area contributed by atoms with Crippen LogP contribution in [0.4, 0.5) is 5.69 Å². The van der Waals surface area contributed by atoms with Gasteiger partial charge < -0.3 is 15.5 Å². The molecule has 3 aromatic rings. The second kappa shape index (κ2) is 11.1. The van der Waals surface area contributed by atoms with Crippen LogP contribution in [-0.2, 0) is 22.7 Å². The molecule has 0 spiro atoms. The Kier molecular flexibility index (Phi) is 8.02. The number of anilines is 1. The number of benzene rings is 2. The van der Waals surface area contributed by atoms with Crippen molar-refractivity contribution in [3.8, 4) is 22.5 Å². The maximum atomic E-state index is 13.5. The Morgan fingerprint density at radius 1 is 0.895 bits per heavy atom. The van der Waals surface area contributed by atoms with Crippen LogP contribution >= 0.6 is 0 Å². The molecule has 38 heavy (non-hydrogen) atoms. The normalized spacial score (nSPS) is 13.2. The van der Waals surface area contributed by atoms with Crippen LogP contribution in [0, 0.1) is 0 Å². The average molecular weight is 517 g/mol. The molecule has 1 aliphatic heterocycles. The number of nitrogens with zero attached hydrogens (tertiary/aromatic N) is 4. The third-order valence-electron chi connectivity index (χ3n) is 6.37. The summed E-state index contributed by atoms with van der Waals surface area (Å²) in [7, 11) is 0. The van der Waals surface area contributed by atoms with Gasteiger partial charge in [0.05, 0.1) is 17.9 Å². The second-order valence-corrected chi connectivity index (χ2v) is 12.0. The quantitative estimate of drug-likeness (QED) is 0.465. The molecule has 8 nitrogen and oxygen atoms in total. The molecule has 0 unspecified atom stereocenters. The number of aromatic nitrogens is 3. The summed E-state index contributed by atoms with van der Waals surface area (Å²) < 4.78 is 1.90. The monoisotopic (exact) mass is 516 g/mol. The summed E-state index contributed by atoms with van der Waals surface area (Å²) in [4.78, 5) is 27.8. The minimum absolute atomic E-state index is 0.0290. The zero-order chi connectivity index (χ0) is 27.5. The number of hydrogen-bond donors (Lipinski definition) is 2. The SMILES string of the molecule is CC(C)(C)NCCC(=O)N1Cc2ccccc2-c2c(nnn2CCCC(=O)NC(C)(C)C)-c2ccccc21. The number of fused-ring (bicyclic) bond motifs is 5. The van der Waals surface area contributed by atoms with Crippen LogP contribution in [0.2, 0.25) is 0 Å². The number of para-hydroxylation sites is 1. The molecule has 2 N–H and O–H groups in total. The molecule has 202 valence electrons. The molecule has 0 saturated heterocycles. The number of hydrogen-bond acceptors (Lipinski definition) is 5. The van der Waals surface area contributed by atoms with Gasteiger partial charge in [0.2, 0.25) is 11.8 Å². The van der Waals surface area contributed by atoms with E-state index in [1.54, 1.807) is 0 Å². The predicted molar refractivity (Wildman–Crippen MR) is 152 cm³/mol. The molecule has 1 aliphatic rings. The molecule has 2 aromatic carbocycles. The summed E-state index contributed by atoms with van der Waals surface area (Å²) in [6.45, 7) is 13.9. The summed E-state index contributed by atoms with van der Waals surface area (Å²) in [5, 5.41) is 15.6. The van der Waals surface area contributed by atoms with Gasteiger partial charge in [0.15, 0.2) is 0 Å². The van der Waals surface area contributed by atoms with Crippen LogP contribution in [0.5, 0.6) is 0 Å². The van der Waals surface area contributed by atoms with Gasteiger partial charge in [0, 0.05) is 48.1 Å². The van der Waals surface area contributed by atoms with E-state index >= 15 is 0 Å². The van der Waals surface area contributed by atoms with Crippen molar-refractivity contribution in [3.05, 3.63) is 54.1 Å². The minimum Gasteiger partial charge on any atom is -0.352 e. The van der Waals surface area contributed by atoms with Gasteiger partial charge >= 0.3 is 0 Å². The molecule has 0 saturated carbocycles. The molecule has 0 atom stereocenters. The van der Waals surface area contributed by atoms with E-state index in [0.29, 0.717) is 38.9 Å². The van der Waals surface area contributed by atoms with Crippen LogP contribution in [0.15, 0.2) is 48.5 Å². The summed E-state index contributed by atoms with van der Waals surface area (Å²) in [6, 6.07) is 16.1. The highest BCUT2D eigenvalue weighted by Crippen LogP contribution is 2.41. The third kappa shape index (κ3) is 6.67. The highest BCUT2D eigenvalue weighted by molar-refractivity contribution is 6.00. The smallest absolute Gasteiger partial charge is 0.228 e. The van der Waals surface area contributed by atoms with Gasteiger partial charge in [-0.15, -0.1) is 5.10 Å². The number of nitrogens with one attached hydrogen (secondary N) is 2. The maximum Gasteiger partial charge on any atom is 0.228 e. The van der Waals surface area contributed by atoms with Crippen LogP contribution < -0.4 is 15.5 Å². The van der Waals surface area contributed by atoms with E-state index < -0.39 is 0 Å². The van der Waals surface area contributed by atoms with Gasteiger partial charge in [0.25, 0.3) is 0 Å². The van der Waals surface area contributed by atoms with Crippen molar-refractivity contribution in [3.63, 3.8) is 0 Å². The Hall–Kier alpha value is -3.52. The highest BCUT2D eigenvalue weighted by Gasteiger charge is 2.29. The molecular formula is C30H40N6O2. The Morgan fingerprint density at radius 3 is 2.29 bits per heavy atom. The Bertz CT molecular complexity index is 1300. The molecule has 0 bridgehead atoms. The van der Waals surface area contributed by atoms with Gasteiger partial charge in [-0.3, -0.25) is 9.59 Å². The van der Waals surface area contributed by atoms with E-state index in [1.807, 2.05) is 66.8 Å². The van der Waals surface area contributed by atoms with Crippen molar-refractivity contribution in [2.75, 3.05) is 11.4 Å². The molecule has 4 rings (SSSR count). The van der Waals surface area contributed by atoms with Crippen molar-refractivity contribution in [2.45, 2.75) is 85.0 Å². The standard InChI is InChI=1S/C30H40N6O2/c1-29(2,3)31-18-17-26(38)35-20-21-12-7-8-13-22(21)28-27(23-14-9-10-15-24(23)35)33-34-36(28)19-11-16-25(37)32-30(4,5)6/h7-10,12-15,31H,11,16-20H2,1-6H3,(H,32,37). The number of carbonyl (C=O) groups excluding carboxylic acids is 2. The van der Waals surface area contributed by atoms with Crippen LogP contribution in [0.25, 0.3) is 22.5 Å². The van der Waals surface area contributed by atoms with Crippen LogP contribution in [-0.4, -0.2) is 44.4 Å². The van der Waals surface area contributed by atoms with Gasteiger partial charge in [0.1, 0.15) is 5.69 Å². The van der Waals surface area contributed by atoms with E-state index in [-0.39, 0.29) is 22.9 Å². The Morgan fingerprint density at radius 2 is 1.58 bits per heavy atom. The first kappa shape index (κ1) is 27.5. The topological polar surface area (TPSA) is 92.2 Å². The molecule has 2 heterocycles. The summed E-state index contributed by atoms with van der Waals surface area (Å²) in [5.41, 5.74) is 5.12. The van der Waals surface area contributed by atoms with Gasteiger partial charge in [-0.05, 0) is 59.6 Å². The lowest BCUT2D eigenvalue weighted by atomic mass is 9.95. The van der Waals surface area contributed by atoms with Crippen LogP contribution in [0.3, 0.4) is 0 Å². The maximum absolute atomic E-state index is 13.5. The summed E-state index contributed by atoms with van der Waals surface area (Å²) in [5.74, 6) is 0.0889. The zero-order valence-corrected chi connectivity index (χ0v) is 23.5. The summed E-state index contributed by atoms with van der Waals surface area (Å²) >= 11 is 0. The fourth-order valence-electron chi connectivity index (χ4n) is 4.74. The van der Waals surface area contributed by atoms with E-state index in [2.05, 4.69) is 53.8 Å². The lowest BCUT2D eigenvalue weighted by molar-refractivity contribution is -0.122. The Labute approximate surface area is 225 Å². The van der Waals surface area contributed by atoms with E-state index in [4.69, 9.17) is 0 Å². The first-order valence-electron chi connectivity index (χ1n) is 13.4. The number of carbonyl (C=O) groups is 2. The molecule has 2 amide bonds. The first-order valence-corrected chi connectivity index (χ1v) is 13.4. The van der Waals surface area contributed by atoms with E-state index in [0.717, 1.165) is 33.8 Å². The fraction of sp³-hybridized carbons (Fsp3) is 0.467. The van der Waals surface area contributed by atoms with Gasteiger partial charge in [-0.2, -0.15) is 0 Å². The van der Waals surface area contributed by atoms with Crippen molar-refractivity contribution in [1.29, 1.82) is 0 Å². The first-order chi connectivity index (χ1) is 17.9. The summed E-state index contributed by atoms with van der Waals surface area (Å²) in [6.07, 6.45) is 1.45. The number of aryl methyl sites for hydroxylation is 1. The predicted octanol–water partition coefficient (Wildman–Crippen LogP) is 4.93. The fourth-order valence-corrected chi connectivity index (χ4v) is 4.74. The average Bonchev–Trinajstić information content (AvgIpc) is 3.22.